The van der Waals surface area contributed by atoms with Crippen LogP contribution in [0, 0.1) is 6.92 Å². The van der Waals surface area contributed by atoms with Crippen LogP contribution in [0.2, 0.25) is 5.02 Å². The third-order valence-electron chi connectivity index (χ3n) is 2.63. The Morgan fingerprint density at radius 1 is 1.33 bits per heavy atom. The molecule has 0 radical (unpaired) electrons. The van der Waals surface area contributed by atoms with E-state index >= 15 is 0 Å². The standard InChI is InChI=1S/C13H16ClN3O/c1-9(7-11-3-5-12(14)6-4-11)15-8-13-16-10(2)17-18-13/h3-6,9,15H,7-8H2,1-2H3. The third-order valence-corrected chi connectivity index (χ3v) is 2.88. The van der Waals surface area contributed by atoms with Crippen molar-refractivity contribution in [3.05, 3.63) is 46.6 Å². The van der Waals surface area contributed by atoms with E-state index in [1.54, 1.807) is 0 Å². The van der Waals surface area contributed by atoms with E-state index in [2.05, 4.69) is 22.4 Å². The number of rotatable bonds is 5. The maximum Gasteiger partial charge on any atom is 0.240 e. The number of nitrogens with one attached hydrogen (secondary N) is 1. The quantitative estimate of drug-likeness (QED) is 0.903. The van der Waals surface area contributed by atoms with E-state index in [9.17, 15) is 0 Å². The molecule has 0 bridgehead atoms. The van der Waals surface area contributed by atoms with Gasteiger partial charge in [-0.1, -0.05) is 28.9 Å². The number of aryl methyl sites for hydroxylation is 1. The van der Waals surface area contributed by atoms with Gasteiger partial charge >= 0.3 is 0 Å². The van der Waals surface area contributed by atoms with Crippen LogP contribution in [-0.2, 0) is 13.0 Å². The fourth-order valence-electron chi connectivity index (χ4n) is 1.72. The minimum absolute atomic E-state index is 0.332. The Balaban J connectivity index is 1.81. The van der Waals surface area contributed by atoms with Gasteiger partial charge in [-0.05, 0) is 38.0 Å². The molecule has 0 aliphatic heterocycles. The van der Waals surface area contributed by atoms with Crippen molar-refractivity contribution in [2.45, 2.75) is 32.9 Å². The molecule has 1 atom stereocenters. The van der Waals surface area contributed by atoms with E-state index in [1.165, 1.54) is 5.56 Å². The van der Waals surface area contributed by atoms with E-state index in [1.807, 2.05) is 31.2 Å². The van der Waals surface area contributed by atoms with Gasteiger partial charge in [-0.25, -0.2) is 0 Å². The van der Waals surface area contributed by atoms with Gasteiger partial charge in [0.2, 0.25) is 5.89 Å². The summed E-state index contributed by atoms with van der Waals surface area (Å²) in [6.07, 6.45) is 0.935. The SMILES string of the molecule is Cc1noc(CNC(C)Cc2ccc(Cl)cc2)n1. The summed E-state index contributed by atoms with van der Waals surface area (Å²) in [4.78, 5) is 4.14. The van der Waals surface area contributed by atoms with E-state index in [0.29, 0.717) is 24.3 Å². The molecule has 1 aromatic heterocycles. The number of hydrogen-bond acceptors (Lipinski definition) is 4. The van der Waals surface area contributed by atoms with E-state index in [4.69, 9.17) is 16.1 Å². The molecule has 0 saturated heterocycles. The van der Waals surface area contributed by atoms with Crippen molar-refractivity contribution in [3.63, 3.8) is 0 Å². The lowest BCUT2D eigenvalue weighted by molar-refractivity contribution is 0.356. The molecule has 2 rings (SSSR count). The highest BCUT2D eigenvalue weighted by atomic mass is 35.5. The molecule has 0 aliphatic rings. The summed E-state index contributed by atoms with van der Waals surface area (Å²) in [5.41, 5.74) is 1.25. The van der Waals surface area contributed by atoms with E-state index < -0.39 is 0 Å². The van der Waals surface area contributed by atoms with Gasteiger partial charge in [0.05, 0.1) is 6.54 Å². The minimum atomic E-state index is 0.332. The molecule has 4 nitrogen and oxygen atoms in total. The van der Waals surface area contributed by atoms with Crippen LogP contribution in [0.4, 0.5) is 0 Å². The monoisotopic (exact) mass is 265 g/mol. The number of aromatic nitrogens is 2. The predicted molar refractivity (Wildman–Crippen MR) is 70.5 cm³/mol. The summed E-state index contributed by atoms with van der Waals surface area (Å²) in [5, 5.41) is 7.86. The first-order chi connectivity index (χ1) is 8.63. The van der Waals surface area contributed by atoms with Gasteiger partial charge in [-0.2, -0.15) is 4.98 Å². The van der Waals surface area contributed by atoms with Crippen LogP contribution < -0.4 is 5.32 Å². The smallest absolute Gasteiger partial charge is 0.240 e. The first kappa shape index (κ1) is 13.1. The van der Waals surface area contributed by atoms with Crippen LogP contribution in [0.5, 0.6) is 0 Å². The Kier molecular flexibility index (Phi) is 4.33. The predicted octanol–water partition coefficient (Wildman–Crippen LogP) is 2.75. The fourth-order valence-corrected chi connectivity index (χ4v) is 1.85. The topological polar surface area (TPSA) is 51.0 Å². The third kappa shape index (κ3) is 3.82. The summed E-state index contributed by atoms with van der Waals surface area (Å²) >= 11 is 5.85. The Labute approximate surface area is 111 Å². The molecule has 2 aromatic rings. The summed E-state index contributed by atoms with van der Waals surface area (Å²) in [6, 6.07) is 8.23. The highest BCUT2D eigenvalue weighted by Gasteiger charge is 2.06. The van der Waals surface area contributed by atoms with Gasteiger partial charge < -0.3 is 9.84 Å². The molecule has 18 heavy (non-hydrogen) atoms. The van der Waals surface area contributed by atoms with Gasteiger partial charge in [-0.3, -0.25) is 0 Å². The zero-order chi connectivity index (χ0) is 13.0. The molecule has 0 fully saturated rings. The second kappa shape index (κ2) is 5.98. The van der Waals surface area contributed by atoms with Gasteiger partial charge in [0.1, 0.15) is 0 Å². The Hall–Kier alpha value is -1.39. The second-order valence-electron chi connectivity index (χ2n) is 4.35. The van der Waals surface area contributed by atoms with Crippen LogP contribution >= 0.6 is 11.6 Å². The van der Waals surface area contributed by atoms with Crippen molar-refractivity contribution in [3.8, 4) is 0 Å². The van der Waals surface area contributed by atoms with Crippen LogP contribution in [0.1, 0.15) is 24.2 Å². The largest absolute Gasteiger partial charge is 0.338 e. The molecule has 0 aliphatic carbocycles. The van der Waals surface area contributed by atoms with Crippen LogP contribution in [0.15, 0.2) is 28.8 Å². The summed E-state index contributed by atoms with van der Waals surface area (Å²) in [5.74, 6) is 1.28. The van der Waals surface area contributed by atoms with Gasteiger partial charge in [0.15, 0.2) is 5.82 Å². The number of halogens is 1. The molecule has 1 heterocycles. The fraction of sp³-hybridized carbons (Fsp3) is 0.385. The molecule has 96 valence electrons. The minimum Gasteiger partial charge on any atom is -0.338 e. The summed E-state index contributed by atoms with van der Waals surface area (Å²) in [7, 11) is 0. The van der Waals surface area contributed by atoms with Crippen molar-refractivity contribution in [2.24, 2.45) is 0 Å². The van der Waals surface area contributed by atoms with E-state index in [-0.39, 0.29) is 0 Å². The zero-order valence-electron chi connectivity index (χ0n) is 10.5. The van der Waals surface area contributed by atoms with Crippen LogP contribution in [-0.4, -0.2) is 16.2 Å². The first-order valence-corrected chi connectivity index (χ1v) is 6.28. The van der Waals surface area contributed by atoms with Crippen molar-refractivity contribution >= 4 is 11.6 Å². The molecule has 1 N–H and O–H groups in total. The average molecular weight is 266 g/mol. The van der Waals surface area contributed by atoms with Crippen LogP contribution in [0.3, 0.4) is 0 Å². The average Bonchev–Trinajstić information content (AvgIpc) is 2.76. The number of nitrogens with zero attached hydrogens (tertiary/aromatic N) is 2. The second-order valence-corrected chi connectivity index (χ2v) is 4.78. The van der Waals surface area contributed by atoms with Crippen LogP contribution in [0.25, 0.3) is 0 Å². The normalized spacial score (nSPS) is 12.6. The van der Waals surface area contributed by atoms with Crippen molar-refractivity contribution in [2.75, 3.05) is 0 Å². The zero-order valence-corrected chi connectivity index (χ0v) is 11.2. The maximum absolute atomic E-state index is 5.85. The molecule has 5 heteroatoms. The van der Waals surface area contributed by atoms with Crippen molar-refractivity contribution in [1.29, 1.82) is 0 Å². The Morgan fingerprint density at radius 3 is 2.67 bits per heavy atom. The Morgan fingerprint density at radius 2 is 2.06 bits per heavy atom. The number of benzene rings is 1. The van der Waals surface area contributed by atoms with Gasteiger partial charge in [-0.15, -0.1) is 0 Å². The molecular weight excluding hydrogens is 250 g/mol. The van der Waals surface area contributed by atoms with Gasteiger partial charge in [0.25, 0.3) is 0 Å². The summed E-state index contributed by atoms with van der Waals surface area (Å²) < 4.78 is 5.04. The lowest BCUT2D eigenvalue weighted by Crippen LogP contribution is -2.27. The maximum atomic E-state index is 5.85. The highest BCUT2D eigenvalue weighted by molar-refractivity contribution is 6.30. The Bertz CT molecular complexity index is 495. The van der Waals surface area contributed by atoms with Gasteiger partial charge in [0, 0.05) is 11.1 Å². The molecule has 0 spiro atoms. The van der Waals surface area contributed by atoms with Crippen molar-refractivity contribution in [1.82, 2.24) is 15.5 Å². The molecule has 0 saturated carbocycles. The lowest BCUT2D eigenvalue weighted by Gasteiger charge is -2.12. The molecule has 0 amide bonds. The molecule has 1 aromatic carbocycles. The van der Waals surface area contributed by atoms with Crippen molar-refractivity contribution < 1.29 is 4.52 Å². The lowest BCUT2D eigenvalue weighted by atomic mass is 10.1. The van der Waals surface area contributed by atoms with E-state index in [0.717, 1.165) is 11.4 Å². The first-order valence-electron chi connectivity index (χ1n) is 5.90. The summed E-state index contributed by atoms with van der Waals surface area (Å²) in [6.45, 7) is 4.53. The number of hydrogen-bond donors (Lipinski definition) is 1. The molecular formula is C13H16ClN3O. The highest BCUT2D eigenvalue weighted by Crippen LogP contribution is 2.11. The molecule has 1 unspecified atom stereocenters.